The van der Waals surface area contributed by atoms with Crippen LogP contribution in [0.3, 0.4) is 0 Å². The van der Waals surface area contributed by atoms with Gasteiger partial charge in [0, 0.05) is 25.2 Å². The number of sulfonamides is 1. The van der Waals surface area contributed by atoms with E-state index >= 15 is 0 Å². The molecule has 1 saturated heterocycles. The van der Waals surface area contributed by atoms with E-state index in [0.29, 0.717) is 46.9 Å². The number of rotatable bonds is 4. The number of nitrogens with zero attached hydrogens (tertiary/aromatic N) is 3. The van der Waals surface area contributed by atoms with Gasteiger partial charge in [0.2, 0.25) is 10.0 Å². The van der Waals surface area contributed by atoms with Crippen molar-refractivity contribution < 1.29 is 13.2 Å². The standard InChI is InChI=1S/C24H28ClN3O3S2/c1-5-28-21-17(4)6-11-20(25)22(21)32-24(28)26-23(29)18-7-9-19(10-8-18)33(30,31)27-13-15(2)12-16(3)14-27/h6-11,15-16H,5,12-14H2,1-4H3. The average Bonchev–Trinajstić information content (AvgIpc) is 3.15. The van der Waals surface area contributed by atoms with Crippen LogP contribution in [-0.4, -0.2) is 36.3 Å². The highest BCUT2D eigenvalue weighted by molar-refractivity contribution is 7.89. The van der Waals surface area contributed by atoms with Crippen LogP contribution in [0.25, 0.3) is 10.2 Å². The van der Waals surface area contributed by atoms with Crippen molar-refractivity contribution in [3.8, 4) is 0 Å². The number of hydrogen-bond acceptors (Lipinski definition) is 4. The molecule has 6 nitrogen and oxygen atoms in total. The van der Waals surface area contributed by atoms with Gasteiger partial charge in [-0.25, -0.2) is 8.42 Å². The van der Waals surface area contributed by atoms with Gasteiger partial charge in [-0.2, -0.15) is 9.30 Å². The second-order valence-corrected chi connectivity index (χ2v) is 12.2. The number of carbonyl (C=O) groups excluding carboxylic acids is 1. The zero-order valence-electron chi connectivity index (χ0n) is 19.2. The fourth-order valence-corrected chi connectivity index (χ4v) is 7.69. The monoisotopic (exact) mass is 505 g/mol. The van der Waals surface area contributed by atoms with E-state index < -0.39 is 15.9 Å². The smallest absolute Gasteiger partial charge is 0.279 e. The van der Waals surface area contributed by atoms with E-state index in [4.69, 9.17) is 11.6 Å². The van der Waals surface area contributed by atoms with Crippen LogP contribution in [0.15, 0.2) is 46.3 Å². The molecule has 4 rings (SSSR count). The summed E-state index contributed by atoms with van der Waals surface area (Å²) in [5, 5.41) is 0.632. The van der Waals surface area contributed by atoms with Crippen molar-refractivity contribution in [3.05, 3.63) is 57.3 Å². The number of fused-ring (bicyclic) bond motifs is 1. The molecule has 0 bridgehead atoms. The summed E-state index contributed by atoms with van der Waals surface area (Å²) in [7, 11) is -3.59. The highest BCUT2D eigenvalue weighted by Crippen LogP contribution is 2.29. The number of thiazole rings is 1. The van der Waals surface area contributed by atoms with E-state index in [9.17, 15) is 13.2 Å². The molecule has 9 heteroatoms. The number of benzene rings is 2. The first kappa shape index (κ1) is 24.1. The molecule has 1 amide bonds. The van der Waals surface area contributed by atoms with Crippen molar-refractivity contribution in [3.63, 3.8) is 0 Å². The summed E-state index contributed by atoms with van der Waals surface area (Å²) in [6.45, 7) is 9.85. The molecule has 33 heavy (non-hydrogen) atoms. The van der Waals surface area contributed by atoms with Crippen LogP contribution in [-0.2, 0) is 16.6 Å². The molecule has 1 aliphatic heterocycles. The minimum atomic E-state index is -3.59. The van der Waals surface area contributed by atoms with Gasteiger partial charge in [-0.1, -0.05) is 42.9 Å². The van der Waals surface area contributed by atoms with Crippen LogP contribution >= 0.6 is 22.9 Å². The van der Waals surface area contributed by atoms with Gasteiger partial charge in [-0.05, 0) is 68.0 Å². The molecular weight excluding hydrogens is 478 g/mol. The molecule has 3 aromatic rings. The Labute approximate surface area is 203 Å². The van der Waals surface area contributed by atoms with Gasteiger partial charge in [0.25, 0.3) is 5.91 Å². The van der Waals surface area contributed by atoms with Crippen LogP contribution in [0.2, 0.25) is 5.02 Å². The minimum Gasteiger partial charge on any atom is -0.316 e. The summed E-state index contributed by atoms with van der Waals surface area (Å²) < 4.78 is 30.6. The minimum absolute atomic E-state index is 0.202. The number of carbonyl (C=O) groups is 1. The third-order valence-electron chi connectivity index (χ3n) is 6.07. The molecule has 2 unspecified atom stereocenters. The number of aromatic nitrogens is 1. The Hall–Kier alpha value is -2.00. The first-order chi connectivity index (χ1) is 15.6. The number of piperidine rings is 1. The Balaban J connectivity index is 1.65. The molecule has 0 N–H and O–H groups in total. The van der Waals surface area contributed by atoms with Gasteiger partial charge in [0.1, 0.15) is 0 Å². The van der Waals surface area contributed by atoms with E-state index in [-0.39, 0.29) is 4.90 Å². The van der Waals surface area contributed by atoms with Crippen LogP contribution in [0.5, 0.6) is 0 Å². The Morgan fingerprint density at radius 2 is 1.76 bits per heavy atom. The lowest BCUT2D eigenvalue weighted by atomic mass is 9.94. The maximum Gasteiger partial charge on any atom is 0.279 e. The van der Waals surface area contributed by atoms with E-state index in [1.165, 1.54) is 35.6 Å². The summed E-state index contributed by atoms with van der Waals surface area (Å²) in [6, 6.07) is 9.89. The van der Waals surface area contributed by atoms with Gasteiger partial charge >= 0.3 is 0 Å². The zero-order valence-corrected chi connectivity index (χ0v) is 21.6. The highest BCUT2D eigenvalue weighted by Gasteiger charge is 2.31. The van der Waals surface area contributed by atoms with Crippen molar-refractivity contribution in [1.29, 1.82) is 0 Å². The lowest BCUT2D eigenvalue weighted by molar-refractivity contribution is 0.0997. The Kier molecular flexibility index (Phi) is 6.82. The third-order valence-corrected chi connectivity index (χ3v) is 9.45. The maximum atomic E-state index is 13.1. The molecule has 1 aliphatic rings. The van der Waals surface area contributed by atoms with Gasteiger partial charge in [0.15, 0.2) is 4.80 Å². The largest absolute Gasteiger partial charge is 0.316 e. The molecule has 2 aromatic carbocycles. The molecular formula is C24H28ClN3O3S2. The van der Waals surface area contributed by atoms with Crippen LogP contribution in [0, 0.1) is 18.8 Å². The molecule has 0 aliphatic carbocycles. The molecule has 0 saturated carbocycles. The predicted octanol–water partition coefficient (Wildman–Crippen LogP) is 5.09. The first-order valence-electron chi connectivity index (χ1n) is 11.1. The Morgan fingerprint density at radius 1 is 1.12 bits per heavy atom. The predicted molar refractivity (Wildman–Crippen MR) is 133 cm³/mol. The topological polar surface area (TPSA) is 71.7 Å². The lowest BCUT2D eigenvalue weighted by Crippen LogP contribution is -2.42. The van der Waals surface area contributed by atoms with Gasteiger partial charge in [0.05, 0.1) is 20.1 Å². The van der Waals surface area contributed by atoms with E-state index in [1.807, 2.05) is 30.5 Å². The van der Waals surface area contributed by atoms with Gasteiger partial charge < -0.3 is 4.57 Å². The summed E-state index contributed by atoms with van der Waals surface area (Å²) in [4.78, 5) is 18.0. The molecule has 2 atom stereocenters. The van der Waals surface area contributed by atoms with Crippen molar-refractivity contribution in [2.45, 2.75) is 45.6 Å². The molecule has 2 heterocycles. The molecule has 0 spiro atoms. The van der Waals surface area contributed by atoms with Gasteiger partial charge in [-0.3, -0.25) is 4.79 Å². The second-order valence-electron chi connectivity index (χ2n) is 8.88. The SMILES string of the molecule is CCn1c(=NC(=O)c2ccc(S(=O)(=O)N3CC(C)CC(C)C3)cc2)sc2c(Cl)ccc(C)c21. The molecule has 0 radical (unpaired) electrons. The summed E-state index contributed by atoms with van der Waals surface area (Å²) in [5.74, 6) is 0.237. The maximum absolute atomic E-state index is 13.1. The quantitative estimate of drug-likeness (QED) is 0.495. The normalized spacial score (nSPS) is 20.5. The molecule has 1 aromatic heterocycles. The number of amides is 1. The number of halogens is 1. The number of aryl methyl sites for hydroxylation is 2. The van der Waals surface area contributed by atoms with Crippen molar-refractivity contribution in [1.82, 2.24) is 8.87 Å². The second kappa shape index (κ2) is 9.33. The van der Waals surface area contributed by atoms with Crippen molar-refractivity contribution in [2.24, 2.45) is 16.8 Å². The van der Waals surface area contributed by atoms with Crippen LogP contribution in [0.1, 0.15) is 43.1 Å². The summed E-state index contributed by atoms with van der Waals surface area (Å²) >= 11 is 7.76. The highest BCUT2D eigenvalue weighted by atomic mass is 35.5. The third kappa shape index (κ3) is 4.67. The zero-order chi connectivity index (χ0) is 23.9. The summed E-state index contributed by atoms with van der Waals surface area (Å²) in [6.07, 6.45) is 1.03. The first-order valence-corrected chi connectivity index (χ1v) is 13.7. The van der Waals surface area contributed by atoms with Crippen molar-refractivity contribution in [2.75, 3.05) is 13.1 Å². The van der Waals surface area contributed by atoms with E-state index in [1.54, 1.807) is 4.31 Å². The lowest BCUT2D eigenvalue weighted by Gasteiger charge is -2.34. The van der Waals surface area contributed by atoms with Crippen LogP contribution in [0.4, 0.5) is 0 Å². The van der Waals surface area contributed by atoms with Crippen LogP contribution < -0.4 is 4.80 Å². The van der Waals surface area contributed by atoms with E-state index in [2.05, 4.69) is 18.8 Å². The summed E-state index contributed by atoms with van der Waals surface area (Å²) in [5.41, 5.74) is 2.39. The Bertz CT molecular complexity index is 1360. The van der Waals surface area contributed by atoms with Crippen molar-refractivity contribution >= 4 is 49.1 Å². The fraction of sp³-hybridized carbons (Fsp3) is 0.417. The van der Waals surface area contributed by atoms with Gasteiger partial charge in [-0.15, -0.1) is 0 Å². The molecule has 176 valence electrons. The number of hydrogen-bond donors (Lipinski definition) is 0. The van der Waals surface area contributed by atoms with E-state index in [0.717, 1.165) is 22.2 Å². The average molecular weight is 506 g/mol. The molecule has 1 fully saturated rings. The Morgan fingerprint density at radius 3 is 2.36 bits per heavy atom. The fourth-order valence-electron chi connectivity index (χ4n) is 4.57.